The van der Waals surface area contributed by atoms with E-state index in [1.54, 1.807) is 6.20 Å². The van der Waals surface area contributed by atoms with Crippen LogP contribution in [-0.2, 0) is 9.53 Å². The molecule has 19 heavy (non-hydrogen) atoms. The molecule has 0 bridgehead atoms. The van der Waals surface area contributed by atoms with Crippen molar-refractivity contribution in [1.29, 1.82) is 0 Å². The van der Waals surface area contributed by atoms with E-state index in [1.165, 1.54) is 0 Å². The number of pyridine rings is 1. The molecule has 1 fully saturated rings. The van der Waals surface area contributed by atoms with Crippen molar-refractivity contribution in [3.63, 3.8) is 0 Å². The summed E-state index contributed by atoms with van der Waals surface area (Å²) in [6.45, 7) is 1.16. The maximum atomic E-state index is 12.1. The van der Waals surface area contributed by atoms with Gasteiger partial charge in [0.05, 0.1) is 12.5 Å². The monoisotopic (exact) mass is 320 g/mol. The van der Waals surface area contributed by atoms with E-state index in [0.717, 1.165) is 21.7 Å². The molecule has 1 unspecified atom stereocenters. The number of hydrogen-bond acceptors (Lipinski definition) is 3. The van der Waals surface area contributed by atoms with Gasteiger partial charge in [-0.25, -0.2) is 4.98 Å². The van der Waals surface area contributed by atoms with Crippen molar-refractivity contribution in [2.75, 3.05) is 18.5 Å². The molecular weight excluding hydrogens is 308 g/mol. The van der Waals surface area contributed by atoms with E-state index in [1.807, 2.05) is 24.3 Å². The van der Waals surface area contributed by atoms with Gasteiger partial charge < -0.3 is 10.1 Å². The van der Waals surface area contributed by atoms with Crippen molar-refractivity contribution in [3.05, 3.63) is 34.9 Å². The first-order chi connectivity index (χ1) is 9.24. The molecule has 1 saturated heterocycles. The van der Waals surface area contributed by atoms with E-state index in [9.17, 15) is 4.79 Å². The summed E-state index contributed by atoms with van der Waals surface area (Å²) in [4.78, 5) is 16.3. The molecule has 0 saturated carbocycles. The molecule has 0 spiro atoms. The van der Waals surface area contributed by atoms with Gasteiger partial charge in [-0.2, -0.15) is 0 Å². The highest BCUT2D eigenvalue weighted by molar-refractivity contribution is 9.10. The topological polar surface area (TPSA) is 51.2 Å². The molecular formula is C14H13BrN2O2. The average molecular weight is 321 g/mol. The molecule has 2 heterocycles. The number of benzene rings is 1. The summed E-state index contributed by atoms with van der Waals surface area (Å²) in [6.07, 6.45) is 2.48. The van der Waals surface area contributed by atoms with Crippen LogP contribution in [0.5, 0.6) is 0 Å². The zero-order valence-electron chi connectivity index (χ0n) is 10.2. The van der Waals surface area contributed by atoms with Gasteiger partial charge >= 0.3 is 0 Å². The number of anilines is 1. The van der Waals surface area contributed by atoms with E-state index in [-0.39, 0.29) is 11.8 Å². The van der Waals surface area contributed by atoms with E-state index in [0.29, 0.717) is 19.0 Å². The van der Waals surface area contributed by atoms with Crippen molar-refractivity contribution in [2.24, 2.45) is 5.92 Å². The lowest BCUT2D eigenvalue weighted by Gasteiger charge is -2.10. The molecule has 1 aromatic heterocycles. The molecule has 1 aromatic carbocycles. The Hall–Kier alpha value is -1.46. The van der Waals surface area contributed by atoms with E-state index in [2.05, 4.69) is 26.2 Å². The lowest BCUT2D eigenvalue weighted by molar-refractivity contribution is -0.119. The predicted molar refractivity (Wildman–Crippen MR) is 77.0 cm³/mol. The number of aromatic nitrogens is 1. The molecule has 2 aromatic rings. The fourth-order valence-corrected chi connectivity index (χ4v) is 2.59. The van der Waals surface area contributed by atoms with Gasteiger partial charge in [0.1, 0.15) is 5.82 Å². The van der Waals surface area contributed by atoms with Crippen molar-refractivity contribution in [2.45, 2.75) is 6.42 Å². The van der Waals surface area contributed by atoms with Crippen molar-refractivity contribution >= 4 is 38.4 Å². The number of halogens is 1. The van der Waals surface area contributed by atoms with E-state index < -0.39 is 0 Å². The van der Waals surface area contributed by atoms with E-state index >= 15 is 0 Å². The van der Waals surface area contributed by atoms with Crippen molar-refractivity contribution in [1.82, 2.24) is 4.98 Å². The molecule has 0 radical (unpaired) electrons. The maximum Gasteiger partial charge on any atom is 0.231 e. The summed E-state index contributed by atoms with van der Waals surface area (Å²) < 4.78 is 6.24. The number of fused-ring (bicyclic) bond motifs is 1. The van der Waals surface area contributed by atoms with Crippen LogP contribution in [0.3, 0.4) is 0 Å². The molecule has 98 valence electrons. The first-order valence-electron chi connectivity index (χ1n) is 6.17. The third-order valence-electron chi connectivity index (χ3n) is 3.27. The maximum absolute atomic E-state index is 12.1. The first kappa shape index (κ1) is 12.6. The molecule has 1 aliphatic heterocycles. The number of rotatable bonds is 2. The number of ether oxygens (including phenoxy) is 1. The SMILES string of the molecule is O=C(Nc1nccc2cc(Br)ccc12)C1CCOC1. The highest BCUT2D eigenvalue weighted by Crippen LogP contribution is 2.25. The summed E-state index contributed by atoms with van der Waals surface area (Å²) in [5, 5.41) is 4.89. The van der Waals surface area contributed by atoms with Crippen LogP contribution in [0.4, 0.5) is 5.82 Å². The van der Waals surface area contributed by atoms with Crippen LogP contribution in [0, 0.1) is 5.92 Å². The van der Waals surface area contributed by atoms with Crippen molar-refractivity contribution < 1.29 is 9.53 Å². The Balaban J connectivity index is 1.90. The van der Waals surface area contributed by atoms with Gasteiger partial charge in [-0.05, 0) is 36.1 Å². The Morgan fingerprint density at radius 1 is 1.42 bits per heavy atom. The third kappa shape index (κ3) is 2.62. The van der Waals surface area contributed by atoms with Crippen LogP contribution in [0.2, 0.25) is 0 Å². The summed E-state index contributed by atoms with van der Waals surface area (Å²) in [5.41, 5.74) is 0. The second-order valence-corrected chi connectivity index (χ2v) is 5.49. The number of hydrogen-bond donors (Lipinski definition) is 1. The highest BCUT2D eigenvalue weighted by Gasteiger charge is 2.24. The largest absolute Gasteiger partial charge is 0.381 e. The molecule has 4 nitrogen and oxygen atoms in total. The van der Waals surface area contributed by atoms with Crippen LogP contribution in [0.15, 0.2) is 34.9 Å². The van der Waals surface area contributed by atoms with Gasteiger partial charge in [-0.1, -0.05) is 15.9 Å². The molecule has 0 aliphatic carbocycles. The van der Waals surface area contributed by atoms with Gasteiger partial charge in [0.15, 0.2) is 0 Å². The Morgan fingerprint density at radius 3 is 3.11 bits per heavy atom. The van der Waals surface area contributed by atoms with Crippen LogP contribution < -0.4 is 5.32 Å². The zero-order chi connectivity index (χ0) is 13.2. The molecule has 5 heteroatoms. The number of nitrogens with zero attached hydrogens (tertiary/aromatic N) is 1. The first-order valence-corrected chi connectivity index (χ1v) is 6.96. The number of amides is 1. The molecule has 1 atom stereocenters. The molecule has 3 rings (SSSR count). The quantitative estimate of drug-likeness (QED) is 0.925. The second kappa shape index (κ2) is 5.27. The summed E-state index contributed by atoms with van der Waals surface area (Å²) in [6, 6.07) is 7.82. The predicted octanol–water partition coefficient (Wildman–Crippen LogP) is 2.97. The van der Waals surface area contributed by atoms with Crippen LogP contribution in [0.25, 0.3) is 10.8 Å². The fourth-order valence-electron chi connectivity index (χ4n) is 2.21. The molecule has 1 aliphatic rings. The number of carbonyl (C=O) groups is 1. The van der Waals surface area contributed by atoms with Gasteiger partial charge in [-0.3, -0.25) is 4.79 Å². The Bertz CT molecular complexity index is 624. The summed E-state index contributed by atoms with van der Waals surface area (Å²) in [7, 11) is 0. The summed E-state index contributed by atoms with van der Waals surface area (Å²) >= 11 is 3.44. The normalized spacial score (nSPS) is 18.7. The summed E-state index contributed by atoms with van der Waals surface area (Å²) in [5.74, 6) is 0.537. The smallest absolute Gasteiger partial charge is 0.231 e. The third-order valence-corrected chi connectivity index (χ3v) is 3.76. The fraction of sp³-hybridized carbons (Fsp3) is 0.286. The van der Waals surface area contributed by atoms with Gasteiger partial charge in [-0.15, -0.1) is 0 Å². The number of nitrogens with one attached hydrogen (secondary N) is 1. The minimum Gasteiger partial charge on any atom is -0.381 e. The second-order valence-electron chi connectivity index (χ2n) is 4.57. The van der Waals surface area contributed by atoms with Crippen LogP contribution >= 0.6 is 15.9 Å². The lowest BCUT2D eigenvalue weighted by Crippen LogP contribution is -2.23. The average Bonchev–Trinajstić information content (AvgIpc) is 2.92. The van der Waals surface area contributed by atoms with Crippen LogP contribution in [0.1, 0.15) is 6.42 Å². The zero-order valence-corrected chi connectivity index (χ0v) is 11.8. The Labute approximate surface area is 119 Å². The van der Waals surface area contributed by atoms with Gasteiger partial charge in [0.25, 0.3) is 0 Å². The minimum atomic E-state index is -0.0625. The van der Waals surface area contributed by atoms with Crippen molar-refractivity contribution in [3.8, 4) is 0 Å². The molecule has 1 amide bonds. The molecule has 1 N–H and O–H groups in total. The lowest BCUT2D eigenvalue weighted by atomic mass is 10.1. The minimum absolute atomic E-state index is 0.0135. The van der Waals surface area contributed by atoms with Gasteiger partial charge in [0, 0.05) is 22.7 Å². The Kier molecular flexibility index (Phi) is 3.48. The van der Waals surface area contributed by atoms with E-state index in [4.69, 9.17) is 4.74 Å². The number of carbonyl (C=O) groups excluding carboxylic acids is 1. The van der Waals surface area contributed by atoms with Crippen LogP contribution in [-0.4, -0.2) is 24.1 Å². The Morgan fingerprint density at radius 2 is 2.32 bits per heavy atom. The highest BCUT2D eigenvalue weighted by atomic mass is 79.9. The van der Waals surface area contributed by atoms with Gasteiger partial charge in [0.2, 0.25) is 5.91 Å². The standard InChI is InChI=1S/C14H13BrN2O2/c15-11-1-2-12-9(7-11)3-5-16-13(12)17-14(18)10-4-6-19-8-10/h1-3,5,7,10H,4,6,8H2,(H,16,17,18).